The van der Waals surface area contributed by atoms with Crippen LogP contribution in [0.4, 0.5) is 10.1 Å². The lowest BCUT2D eigenvalue weighted by Crippen LogP contribution is -2.55. The molecule has 0 N–H and O–H groups in total. The summed E-state index contributed by atoms with van der Waals surface area (Å²) in [6, 6.07) is 9.57. The second-order valence-electron chi connectivity index (χ2n) is 7.41. The molecular weight excluding hydrogens is 405 g/mol. The van der Waals surface area contributed by atoms with Gasteiger partial charge in [0.15, 0.2) is 6.29 Å². The number of carbonyl (C=O) groups is 1. The molecule has 1 aliphatic rings. The van der Waals surface area contributed by atoms with Crippen molar-refractivity contribution in [1.29, 1.82) is 0 Å². The third-order valence-corrected chi connectivity index (χ3v) is 5.37. The van der Waals surface area contributed by atoms with Crippen molar-refractivity contribution in [3.05, 3.63) is 75.2 Å². The van der Waals surface area contributed by atoms with Gasteiger partial charge in [-0.1, -0.05) is 12.1 Å². The van der Waals surface area contributed by atoms with Crippen LogP contribution in [0.2, 0.25) is 0 Å². The number of carbonyl (C=O) groups excluding carboxylic acids is 2. The SMILES string of the molecule is C[C@@H]1C(=C=O)N(Cc2ccc(F)cc2)[C@@H](C)CN1COc1ccc([N+](=O)[O-])cc1C=O. The Balaban J connectivity index is 1.72. The highest BCUT2D eigenvalue weighted by Crippen LogP contribution is 2.27. The number of piperazine rings is 1. The van der Waals surface area contributed by atoms with Crippen LogP contribution < -0.4 is 4.74 Å². The lowest BCUT2D eigenvalue weighted by Gasteiger charge is -2.45. The first-order chi connectivity index (χ1) is 14.8. The van der Waals surface area contributed by atoms with E-state index in [0.29, 0.717) is 25.1 Å². The Kier molecular flexibility index (Phi) is 6.79. The predicted octanol–water partition coefficient (Wildman–Crippen LogP) is 3.19. The number of benzene rings is 2. The molecule has 0 radical (unpaired) electrons. The van der Waals surface area contributed by atoms with Gasteiger partial charge in [-0.3, -0.25) is 19.8 Å². The Morgan fingerprint density at radius 2 is 1.97 bits per heavy atom. The van der Waals surface area contributed by atoms with E-state index in [-0.39, 0.29) is 41.6 Å². The van der Waals surface area contributed by atoms with Gasteiger partial charge in [0.2, 0.25) is 0 Å². The van der Waals surface area contributed by atoms with E-state index < -0.39 is 4.92 Å². The second kappa shape index (κ2) is 9.51. The summed E-state index contributed by atoms with van der Waals surface area (Å²) >= 11 is 0. The molecule has 8 nitrogen and oxygen atoms in total. The fourth-order valence-corrected chi connectivity index (χ4v) is 3.61. The minimum atomic E-state index is -0.581. The Bertz CT molecular complexity index is 1020. The van der Waals surface area contributed by atoms with E-state index in [1.54, 1.807) is 12.1 Å². The molecule has 1 heterocycles. The molecule has 2 aromatic rings. The van der Waals surface area contributed by atoms with Crippen LogP contribution in [0.3, 0.4) is 0 Å². The molecule has 0 aromatic heterocycles. The van der Waals surface area contributed by atoms with Crippen LogP contribution in [0.15, 0.2) is 48.2 Å². The van der Waals surface area contributed by atoms with E-state index in [1.807, 2.05) is 29.6 Å². The minimum absolute atomic E-state index is 0.0521. The van der Waals surface area contributed by atoms with Crippen LogP contribution >= 0.6 is 0 Å². The van der Waals surface area contributed by atoms with Gasteiger partial charge in [-0.05, 0) is 37.6 Å². The van der Waals surface area contributed by atoms with Crippen molar-refractivity contribution in [2.75, 3.05) is 13.3 Å². The van der Waals surface area contributed by atoms with Crippen LogP contribution in [0.1, 0.15) is 29.8 Å². The molecule has 2 atom stereocenters. The number of ether oxygens (including phenoxy) is 1. The van der Waals surface area contributed by atoms with Crippen molar-refractivity contribution in [2.45, 2.75) is 32.5 Å². The number of halogens is 1. The summed E-state index contributed by atoms with van der Waals surface area (Å²) in [5, 5.41) is 10.9. The van der Waals surface area contributed by atoms with Crippen LogP contribution in [-0.4, -0.2) is 52.3 Å². The number of nitro groups is 1. The van der Waals surface area contributed by atoms with Gasteiger partial charge in [-0.2, -0.15) is 0 Å². The van der Waals surface area contributed by atoms with E-state index in [4.69, 9.17) is 4.74 Å². The quantitative estimate of drug-likeness (QED) is 0.290. The standard InChI is InChI=1S/C22H22FN3O5/c1-15-10-24(14-31-22-8-7-20(26(29)30)9-18(22)12-27)16(2)21(13-28)25(15)11-17-3-5-19(23)6-4-17/h3-9,12,15-16H,10-11,14H2,1-2H3/t15-,16+/m0/s1. The summed E-state index contributed by atoms with van der Waals surface area (Å²) in [5.74, 6) is 1.93. The number of hydrogen-bond acceptors (Lipinski definition) is 7. The Morgan fingerprint density at radius 1 is 1.26 bits per heavy atom. The molecule has 3 rings (SSSR count). The van der Waals surface area contributed by atoms with Gasteiger partial charge in [0.05, 0.1) is 16.5 Å². The summed E-state index contributed by atoms with van der Waals surface area (Å²) in [6.07, 6.45) is 0.506. The van der Waals surface area contributed by atoms with Crippen molar-refractivity contribution < 1.29 is 23.6 Å². The molecule has 1 fully saturated rings. The Hall–Kier alpha value is -3.55. The van der Waals surface area contributed by atoms with Gasteiger partial charge in [0.25, 0.3) is 5.69 Å². The normalized spacial score (nSPS) is 19.1. The molecule has 2 aromatic carbocycles. The van der Waals surface area contributed by atoms with Crippen molar-refractivity contribution >= 4 is 17.9 Å². The molecule has 162 valence electrons. The average molecular weight is 427 g/mol. The summed E-state index contributed by atoms with van der Waals surface area (Å²) in [5.41, 5.74) is 1.21. The van der Waals surface area contributed by atoms with Crippen LogP contribution in [0, 0.1) is 15.9 Å². The Morgan fingerprint density at radius 3 is 2.58 bits per heavy atom. The molecule has 0 bridgehead atoms. The number of aldehydes is 1. The highest BCUT2D eigenvalue weighted by Gasteiger charge is 2.34. The highest BCUT2D eigenvalue weighted by atomic mass is 19.1. The predicted molar refractivity (Wildman–Crippen MR) is 111 cm³/mol. The largest absolute Gasteiger partial charge is 0.477 e. The van der Waals surface area contributed by atoms with E-state index in [2.05, 4.69) is 0 Å². The molecule has 0 aliphatic carbocycles. The van der Waals surface area contributed by atoms with Gasteiger partial charge in [-0.25, -0.2) is 9.18 Å². The van der Waals surface area contributed by atoms with E-state index in [1.165, 1.54) is 24.3 Å². The average Bonchev–Trinajstić information content (AvgIpc) is 2.76. The Labute approximate surface area is 178 Å². The second-order valence-corrected chi connectivity index (χ2v) is 7.41. The maximum atomic E-state index is 13.2. The van der Waals surface area contributed by atoms with Crippen molar-refractivity contribution in [3.8, 4) is 5.75 Å². The van der Waals surface area contributed by atoms with Crippen LogP contribution in [-0.2, 0) is 11.3 Å². The third kappa shape index (κ3) is 4.96. The monoisotopic (exact) mass is 427 g/mol. The summed E-state index contributed by atoms with van der Waals surface area (Å²) in [7, 11) is 0. The molecule has 0 spiro atoms. The zero-order valence-electron chi connectivity index (χ0n) is 17.2. The zero-order valence-corrected chi connectivity index (χ0v) is 17.2. The van der Waals surface area contributed by atoms with Crippen LogP contribution in [0.25, 0.3) is 0 Å². The van der Waals surface area contributed by atoms with E-state index in [9.17, 15) is 24.1 Å². The van der Waals surface area contributed by atoms with Gasteiger partial charge < -0.3 is 9.64 Å². The number of non-ortho nitro benzene ring substituents is 1. The van der Waals surface area contributed by atoms with Gasteiger partial charge >= 0.3 is 0 Å². The topological polar surface area (TPSA) is 93.0 Å². The van der Waals surface area contributed by atoms with Crippen LogP contribution in [0.5, 0.6) is 5.75 Å². The molecule has 0 amide bonds. The lowest BCUT2D eigenvalue weighted by atomic mass is 10.0. The molecule has 9 heteroatoms. The fraction of sp³-hybridized carbons (Fsp3) is 0.318. The summed E-state index contributed by atoms with van der Waals surface area (Å²) in [6.45, 7) is 4.91. The first kappa shape index (κ1) is 22.1. The van der Waals surface area contributed by atoms with E-state index in [0.717, 1.165) is 11.6 Å². The van der Waals surface area contributed by atoms with Gasteiger partial charge in [0.1, 0.15) is 29.9 Å². The molecule has 1 saturated heterocycles. The molecular formula is C22H22FN3O5. The highest BCUT2D eigenvalue weighted by molar-refractivity contribution is 5.80. The summed E-state index contributed by atoms with van der Waals surface area (Å²) in [4.78, 5) is 37.2. The molecule has 0 saturated carbocycles. The summed E-state index contributed by atoms with van der Waals surface area (Å²) < 4.78 is 18.9. The lowest BCUT2D eigenvalue weighted by molar-refractivity contribution is -0.384. The minimum Gasteiger partial charge on any atom is -0.477 e. The first-order valence-corrected chi connectivity index (χ1v) is 9.70. The van der Waals surface area contributed by atoms with Gasteiger partial charge in [0, 0.05) is 31.3 Å². The molecule has 1 aliphatic heterocycles. The number of nitrogens with zero attached hydrogens (tertiary/aromatic N) is 3. The van der Waals surface area contributed by atoms with Crippen molar-refractivity contribution in [2.24, 2.45) is 0 Å². The number of rotatable bonds is 7. The third-order valence-electron chi connectivity index (χ3n) is 5.37. The maximum absolute atomic E-state index is 13.2. The van der Waals surface area contributed by atoms with Crippen molar-refractivity contribution in [1.82, 2.24) is 9.80 Å². The fourth-order valence-electron chi connectivity index (χ4n) is 3.61. The van der Waals surface area contributed by atoms with Gasteiger partial charge in [-0.15, -0.1) is 0 Å². The molecule has 0 unspecified atom stereocenters. The first-order valence-electron chi connectivity index (χ1n) is 9.70. The zero-order chi connectivity index (χ0) is 22.5. The smallest absolute Gasteiger partial charge is 0.270 e. The number of hydrogen-bond donors (Lipinski definition) is 0. The number of nitro benzene ring substituents is 1. The van der Waals surface area contributed by atoms with Crippen molar-refractivity contribution in [3.63, 3.8) is 0 Å². The molecule has 31 heavy (non-hydrogen) atoms. The van der Waals surface area contributed by atoms with E-state index >= 15 is 0 Å². The maximum Gasteiger partial charge on any atom is 0.270 e.